The van der Waals surface area contributed by atoms with E-state index >= 15 is 0 Å². The molecule has 1 aliphatic heterocycles. The van der Waals surface area contributed by atoms with Gasteiger partial charge in [0.1, 0.15) is 11.1 Å². The van der Waals surface area contributed by atoms with Crippen LogP contribution in [0.15, 0.2) is 10.8 Å². The van der Waals surface area contributed by atoms with E-state index in [4.69, 9.17) is 4.74 Å². The van der Waals surface area contributed by atoms with Gasteiger partial charge in [-0.2, -0.15) is 0 Å². The predicted octanol–water partition coefficient (Wildman–Crippen LogP) is 2.23. The number of thiazole rings is 2. The van der Waals surface area contributed by atoms with Crippen LogP contribution in [-0.4, -0.2) is 47.0 Å². The molecule has 22 heavy (non-hydrogen) atoms. The van der Waals surface area contributed by atoms with Crippen LogP contribution >= 0.6 is 22.7 Å². The third-order valence-corrected chi connectivity index (χ3v) is 5.23. The molecular formula is C14H18N4O2S2. The zero-order valence-corrected chi connectivity index (χ0v) is 14.2. The summed E-state index contributed by atoms with van der Waals surface area (Å²) in [5.74, 6) is -0.0367. The minimum atomic E-state index is -0.0395. The molecule has 2 aromatic rings. The molecule has 1 saturated heterocycles. The van der Waals surface area contributed by atoms with Crippen molar-refractivity contribution in [2.24, 2.45) is 0 Å². The maximum Gasteiger partial charge on any atom is 0.240 e. The van der Waals surface area contributed by atoms with Gasteiger partial charge in [-0.25, -0.2) is 9.97 Å². The van der Waals surface area contributed by atoms with Crippen LogP contribution in [-0.2, 0) is 9.53 Å². The zero-order valence-electron chi connectivity index (χ0n) is 12.5. The number of anilines is 1. The second kappa shape index (κ2) is 6.82. The fraction of sp³-hybridized carbons (Fsp3) is 0.500. The number of nitrogens with zero attached hydrogens (tertiary/aromatic N) is 3. The van der Waals surface area contributed by atoms with E-state index in [-0.39, 0.29) is 12.0 Å². The molecule has 118 valence electrons. The Labute approximate surface area is 137 Å². The molecule has 3 heterocycles. The van der Waals surface area contributed by atoms with Crippen LogP contribution in [0.2, 0.25) is 0 Å². The molecule has 1 atom stereocenters. The Hall–Kier alpha value is -1.35. The number of aryl methyl sites for hydroxylation is 2. The van der Waals surface area contributed by atoms with Gasteiger partial charge in [0, 0.05) is 29.5 Å². The van der Waals surface area contributed by atoms with Gasteiger partial charge in [-0.3, -0.25) is 9.69 Å². The van der Waals surface area contributed by atoms with Crippen molar-refractivity contribution in [2.45, 2.75) is 20.0 Å². The largest absolute Gasteiger partial charge is 0.368 e. The number of carbonyl (C=O) groups is 1. The van der Waals surface area contributed by atoms with Crippen molar-refractivity contribution in [3.63, 3.8) is 0 Å². The predicted molar refractivity (Wildman–Crippen MR) is 87.5 cm³/mol. The molecule has 0 bridgehead atoms. The van der Waals surface area contributed by atoms with Gasteiger partial charge in [0.15, 0.2) is 5.13 Å². The zero-order chi connectivity index (χ0) is 15.5. The first-order valence-electron chi connectivity index (χ1n) is 7.08. The minimum absolute atomic E-state index is 0.0367. The van der Waals surface area contributed by atoms with E-state index in [2.05, 4.69) is 20.2 Å². The lowest BCUT2D eigenvalue weighted by molar-refractivity contribution is -0.119. The van der Waals surface area contributed by atoms with E-state index in [0.717, 1.165) is 22.9 Å². The lowest BCUT2D eigenvalue weighted by Gasteiger charge is -2.31. The van der Waals surface area contributed by atoms with E-state index in [1.807, 2.05) is 24.6 Å². The second-order valence-electron chi connectivity index (χ2n) is 5.26. The summed E-state index contributed by atoms with van der Waals surface area (Å²) in [4.78, 5) is 22.9. The van der Waals surface area contributed by atoms with Crippen LogP contribution in [0.25, 0.3) is 0 Å². The van der Waals surface area contributed by atoms with E-state index < -0.39 is 0 Å². The highest BCUT2D eigenvalue weighted by atomic mass is 32.1. The molecule has 1 amide bonds. The molecule has 0 aromatic carbocycles. The van der Waals surface area contributed by atoms with Crippen LogP contribution in [0.3, 0.4) is 0 Å². The highest BCUT2D eigenvalue weighted by molar-refractivity contribution is 7.13. The number of ether oxygens (including phenoxy) is 1. The molecule has 6 nitrogen and oxygen atoms in total. The third-order valence-electron chi connectivity index (χ3n) is 3.30. The van der Waals surface area contributed by atoms with Crippen molar-refractivity contribution in [3.05, 3.63) is 27.2 Å². The van der Waals surface area contributed by atoms with Gasteiger partial charge < -0.3 is 10.1 Å². The Morgan fingerprint density at radius 2 is 2.14 bits per heavy atom. The van der Waals surface area contributed by atoms with Crippen LogP contribution in [0, 0.1) is 13.8 Å². The van der Waals surface area contributed by atoms with E-state index in [1.54, 1.807) is 11.3 Å². The topological polar surface area (TPSA) is 67.4 Å². The van der Waals surface area contributed by atoms with Gasteiger partial charge in [-0.15, -0.1) is 22.7 Å². The molecule has 1 fully saturated rings. The van der Waals surface area contributed by atoms with Gasteiger partial charge >= 0.3 is 0 Å². The summed E-state index contributed by atoms with van der Waals surface area (Å²) in [6, 6.07) is 0. The molecule has 1 N–H and O–H groups in total. The number of hydrogen-bond acceptors (Lipinski definition) is 7. The summed E-state index contributed by atoms with van der Waals surface area (Å²) in [6.07, 6.45) is -0.0395. The lowest BCUT2D eigenvalue weighted by atomic mass is 10.2. The maximum atomic E-state index is 12.1. The smallest absolute Gasteiger partial charge is 0.240 e. The molecular weight excluding hydrogens is 320 g/mol. The van der Waals surface area contributed by atoms with E-state index in [9.17, 15) is 4.79 Å². The molecule has 1 unspecified atom stereocenters. The number of carbonyl (C=O) groups excluding carboxylic acids is 1. The Balaban J connectivity index is 1.54. The highest BCUT2D eigenvalue weighted by Crippen LogP contribution is 2.25. The van der Waals surface area contributed by atoms with Crippen LogP contribution in [0.1, 0.15) is 22.5 Å². The monoisotopic (exact) mass is 338 g/mol. The number of nitrogens with one attached hydrogen (secondary N) is 1. The molecule has 0 radical (unpaired) electrons. The maximum absolute atomic E-state index is 12.1. The van der Waals surface area contributed by atoms with Crippen molar-refractivity contribution in [1.82, 2.24) is 14.9 Å². The van der Waals surface area contributed by atoms with Crippen molar-refractivity contribution in [1.29, 1.82) is 0 Å². The number of morpholine rings is 1. The van der Waals surface area contributed by atoms with Crippen molar-refractivity contribution in [2.75, 3.05) is 31.6 Å². The summed E-state index contributed by atoms with van der Waals surface area (Å²) >= 11 is 3.06. The molecule has 0 spiro atoms. The first kappa shape index (κ1) is 15.5. The van der Waals surface area contributed by atoms with Gasteiger partial charge in [0.2, 0.25) is 5.91 Å². The molecule has 0 aliphatic carbocycles. The molecule has 2 aromatic heterocycles. The first-order valence-corrected chi connectivity index (χ1v) is 8.84. The Morgan fingerprint density at radius 1 is 1.36 bits per heavy atom. The average Bonchev–Trinajstić information content (AvgIpc) is 3.08. The fourth-order valence-corrected chi connectivity index (χ4v) is 3.83. The molecule has 0 saturated carbocycles. The SMILES string of the molecule is Cc1csc(NC(=O)CN2CCOC(c3nc(C)cs3)C2)n1. The Bertz CT molecular complexity index is 655. The van der Waals surface area contributed by atoms with Crippen molar-refractivity contribution >= 4 is 33.7 Å². The van der Waals surface area contributed by atoms with Gasteiger partial charge in [-0.05, 0) is 13.8 Å². The summed E-state index contributed by atoms with van der Waals surface area (Å²) in [6.45, 7) is 6.30. The minimum Gasteiger partial charge on any atom is -0.368 e. The van der Waals surface area contributed by atoms with Crippen LogP contribution < -0.4 is 5.32 Å². The fourth-order valence-electron chi connectivity index (χ4n) is 2.29. The summed E-state index contributed by atoms with van der Waals surface area (Å²) in [5, 5.41) is 8.43. The van der Waals surface area contributed by atoms with Crippen molar-refractivity contribution in [3.8, 4) is 0 Å². The Morgan fingerprint density at radius 3 is 2.82 bits per heavy atom. The summed E-state index contributed by atoms with van der Waals surface area (Å²) < 4.78 is 5.78. The normalized spacial score (nSPS) is 19.3. The standard InChI is InChI=1S/C14H18N4O2S2/c1-9-7-21-13(15-9)11-5-18(3-4-20-11)6-12(19)17-14-16-10(2)8-22-14/h7-8,11H,3-6H2,1-2H3,(H,16,17,19). The lowest BCUT2D eigenvalue weighted by Crippen LogP contribution is -2.42. The summed E-state index contributed by atoms with van der Waals surface area (Å²) in [5.41, 5.74) is 1.93. The third kappa shape index (κ3) is 3.89. The number of amides is 1. The van der Waals surface area contributed by atoms with E-state index in [1.165, 1.54) is 11.3 Å². The van der Waals surface area contributed by atoms with Crippen LogP contribution in [0.5, 0.6) is 0 Å². The Kier molecular flexibility index (Phi) is 4.82. The molecule has 3 rings (SSSR count). The second-order valence-corrected chi connectivity index (χ2v) is 7.01. The highest BCUT2D eigenvalue weighted by Gasteiger charge is 2.25. The van der Waals surface area contributed by atoms with Gasteiger partial charge in [0.25, 0.3) is 0 Å². The number of rotatable bonds is 4. The van der Waals surface area contributed by atoms with Crippen LogP contribution in [0.4, 0.5) is 5.13 Å². The van der Waals surface area contributed by atoms with Crippen molar-refractivity contribution < 1.29 is 9.53 Å². The number of hydrogen-bond donors (Lipinski definition) is 1. The number of aromatic nitrogens is 2. The average molecular weight is 338 g/mol. The quantitative estimate of drug-likeness (QED) is 0.926. The molecule has 1 aliphatic rings. The molecule has 8 heteroatoms. The van der Waals surface area contributed by atoms with E-state index in [0.29, 0.717) is 24.8 Å². The van der Waals surface area contributed by atoms with Gasteiger partial charge in [-0.1, -0.05) is 0 Å². The summed E-state index contributed by atoms with van der Waals surface area (Å²) in [7, 11) is 0. The van der Waals surface area contributed by atoms with Gasteiger partial charge in [0.05, 0.1) is 18.8 Å². The first-order chi connectivity index (χ1) is 10.6.